The zero-order chi connectivity index (χ0) is 18.0. The van der Waals surface area contributed by atoms with Crippen molar-refractivity contribution >= 4 is 16.8 Å². The molecular formula is C20H21N3O2. The zero-order valence-electron chi connectivity index (χ0n) is 14.7. The lowest BCUT2D eigenvalue weighted by Crippen LogP contribution is -2.33. The van der Waals surface area contributed by atoms with Crippen molar-refractivity contribution in [2.75, 3.05) is 7.05 Å². The van der Waals surface area contributed by atoms with Crippen LogP contribution in [-0.2, 0) is 17.9 Å². The van der Waals surface area contributed by atoms with Crippen LogP contribution >= 0.6 is 0 Å². The lowest BCUT2D eigenvalue weighted by atomic mass is 10.1. The van der Waals surface area contributed by atoms with Crippen LogP contribution in [0, 0.1) is 13.8 Å². The molecule has 0 fully saturated rings. The Kier molecular flexibility index (Phi) is 4.65. The molecule has 128 valence electrons. The quantitative estimate of drug-likeness (QED) is 0.736. The van der Waals surface area contributed by atoms with E-state index in [1.54, 1.807) is 18.0 Å². The van der Waals surface area contributed by atoms with Crippen LogP contribution in [0.4, 0.5) is 0 Å². The van der Waals surface area contributed by atoms with E-state index in [2.05, 4.69) is 4.98 Å². The maximum Gasteiger partial charge on any atom is 0.261 e. The van der Waals surface area contributed by atoms with E-state index in [1.165, 1.54) is 10.9 Å². The molecule has 3 rings (SSSR count). The van der Waals surface area contributed by atoms with Crippen molar-refractivity contribution in [1.82, 2.24) is 14.5 Å². The standard InChI is InChI=1S/C20H21N3O2/c1-14-7-4-5-9-16(14)11-22(3)18(24)12-23-13-21-19-15(2)8-6-10-17(19)20(23)25/h4-10,13H,11-12H2,1-3H3. The van der Waals surface area contributed by atoms with Gasteiger partial charge in [-0.15, -0.1) is 0 Å². The molecule has 1 heterocycles. The number of aromatic nitrogens is 2. The minimum Gasteiger partial charge on any atom is -0.340 e. The highest BCUT2D eigenvalue weighted by molar-refractivity contribution is 5.81. The summed E-state index contributed by atoms with van der Waals surface area (Å²) in [5.41, 5.74) is 3.68. The Morgan fingerprint density at radius 3 is 2.56 bits per heavy atom. The van der Waals surface area contributed by atoms with E-state index in [4.69, 9.17) is 0 Å². The van der Waals surface area contributed by atoms with E-state index >= 15 is 0 Å². The maximum atomic E-state index is 12.6. The molecule has 1 aromatic heterocycles. The second-order valence-electron chi connectivity index (χ2n) is 6.32. The number of likely N-dealkylation sites (N-methyl/N-ethyl adjacent to an activating group) is 1. The van der Waals surface area contributed by atoms with Gasteiger partial charge in [0.25, 0.3) is 5.56 Å². The maximum absolute atomic E-state index is 12.6. The minimum atomic E-state index is -0.189. The molecular weight excluding hydrogens is 314 g/mol. The fourth-order valence-corrected chi connectivity index (χ4v) is 2.85. The van der Waals surface area contributed by atoms with Crippen molar-refractivity contribution in [3.63, 3.8) is 0 Å². The van der Waals surface area contributed by atoms with Gasteiger partial charge >= 0.3 is 0 Å². The Morgan fingerprint density at radius 1 is 1.08 bits per heavy atom. The van der Waals surface area contributed by atoms with Gasteiger partial charge in [-0.2, -0.15) is 0 Å². The Labute approximate surface area is 146 Å². The lowest BCUT2D eigenvalue weighted by molar-refractivity contribution is -0.131. The summed E-state index contributed by atoms with van der Waals surface area (Å²) in [5.74, 6) is -0.126. The lowest BCUT2D eigenvalue weighted by Gasteiger charge is -2.19. The van der Waals surface area contributed by atoms with Crippen LogP contribution in [-0.4, -0.2) is 27.4 Å². The molecule has 0 aliphatic carbocycles. The molecule has 0 N–H and O–H groups in total. The molecule has 25 heavy (non-hydrogen) atoms. The first-order chi connectivity index (χ1) is 12.0. The van der Waals surface area contributed by atoms with Crippen molar-refractivity contribution in [1.29, 1.82) is 0 Å². The third-order valence-corrected chi connectivity index (χ3v) is 4.46. The summed E-state index contributed by atoms with van der Waals surface area (Å²) in [5, 5.41) is 0.539. The largest absolute Gasteiger partial charge is 0.340 e. The SMILES string of the molecule is Cc1ccccc1CN(C)C(=O)Cn1cnc2c(C)cccc2c1=O. The van der Waals surface area contributed by atoms with Gasteiger partial charge in [-0.3, -0.25) is 14.2 Å². The molecule has 0 radical (unpaired) electrons. The molecule has 0 atom stereocenters. The molecule has 5 nitrogen and oxygen atoms in total. The third kappa shape index (κ3) is 3.45. The molecule has 1 amide bonds. The van der Waals surface area contributed by atoms with Gasteiger partial charge in [0, 0.05) is 13.6 Å². The average molecular weight is 335 g/mol. The summed E-state index contributed by atoms with van der Waals surface area (Å²) in [6, 6.07) is 13.5. The second kappa shape index (κ2) is 6.89. The Balaban J connectivity index is 1.81. The number of fused-ring (bicyclic) bond motifs is 1. The van der Waals surface area contributed by atoms with Crippen LogP contribution in [0.15, 0.2) is 53.6 Å². The van der Waals surface area contributed by atoms with E-state index in [-0.39, 0.29) is 18.0 Å². The number of aryl methyl sites for hydroxylation is 2. The Hall–Kier alpha value is -2.95. The van der Waals surface area contributed by atoms with E-state index in [0.29, 0.717) is 17.4 Å². The zero-order valence-corrected chi connectivity index (χ0v) is 14.7. The van der Waals surface area contributed by atoms with Crippen LogP contribution < -0.4 is 5.56 Å². The van der Waals surface area contributed by atoms with E-state index in [1.807, 2.05) is 50.2 Å². The first-order valence-electron chi connectivity index (χ1n) is 8.20. The first-order valence-corrected chi connectivity index (χ1v) is 8.20. The topological polar surface area (TPSA) is 55.2 Å². The molecule has 0 bridgehead atoms. The number of amides is 1. The monoisotopic (exact) mass is 335 g/mol. The van der Waals surface area contributed by atoms with Crippen LogP contribution in [0.5, 0.6) is 0 Å². The molecule has 0 aliphatic rings. The summed E-state index contributed by atoms with van der Waals surface area (Å²) in [6.07, 6.45) is 1.46. The summed E-state index contributed by atoms with van der Waals surface area (Å²) in [7, 11) is 1.75. The molecule has 0 saturated carbocycles. The van der Waals surface area contributed by atoms with Gasteiger partial charge in [-0.25, -0.2) is 4.98 Å². The van der Waals surface area contributed by atoms with Gasteiger partial charge in [0.2, 0.25) is 5.91 Å². The number of carbonyl (C=O) groups excluding carboxylic acids is 1. The second-order valence-corrected chi connectivity index (χ2v) is 6.32. The number of hydrogen-bond donors (Lipinski definition) is 0. The fourth-order valence-electron chi connectivity index (χ4n) is 2.85. The smallest absolute Gasteiger partial charge is 0.261 e. The summed E-state index contributed by atoms with van der Waals surface area (Å²) in [6.45, 7) is 4.44. The van der Waals surface area contributed by atoms with Gasteiger partial charge < -0.3 is 4.90 Å². The third-order valence-electron chi connectivity index (χ3n) is 4.46. The summed E-state index contributed by atoms with van der Waals surface area (Å²) in [4.78, 5) is 31.1. The number of nitrogens with zero attached hydrogens (tertiary/aromatic N) is 3. The van der Waals surface area contributed by atoms with E-state index < -0.39 is 0 Å². The van der Waals surface area contributed by atoms with Crippen molar-refractivity contribution < 1.29 is 4.79 Å². The molecule has 5 heteroatoms. The van der Waals surface area contributed by atoms with Gasteiger partial charge in [0.1, 0.15) is 6.54 Å². The van der Waals surface area contributed by atoms with Crippen LogP contribution in [0.3, 0.4) is 0 Å². The van der Waals surface area contributed by atoms with Crippen LogP contribution in [0.1, 0.15) is 16.7 Å². The molecule has 3 aromatic rings. The van der Waals surface area contributed by atoms with Gasteiger partial charge in [-0.05, 0) is 36.6 Å². The number of para-hydroxylation sites is 1. The highest BCUT2D eigenvalue weighted by Gasteiger charge is 2.13. The number of rotatable bonds is 4. The van der Waals surface area contributed by atoms with Crippen molar-refractivity contribution in [3.05, 3.63) is 75.8 Å². The summed E-state index contributed by atoms with van der Waals surface area (Å²) >= 11 is 0. The van der Waals surface area contributed by atoms with E-state index in [0.717, 1.165) is 16.7 Å². The first kappa shape index (κ1) is 16.9. The Bertz CT molecular complexity index is 992. The molecule has 0 spiro atoms. The number of benzene rings is 2. The van der Waals surface area contributed by atoms with Gasteiger partial charge in [0.15, 0.2) is 0 Å². The van der Waals surface area contributed by atoms with Crippen molar-refractivity contribution in [3.8, 4) is 0 Å². The highest BCUT2D eigenvalue weighted by atomic mass is 16.2. The van der Waals surface area contributed by atoms with Gasteiger partial charge in [-0.1, -0.05) is 36.4 Å². The van der Waals surface area contributed by atoms with Crippen molar-refractivity contribution in [2.24, 2.45) is 0 Å². The van der Waals surface area contributed by atoms with Crippen LogP contribution in [0.25, 0.3) is 10.9 Å². The minimum absolute atomic E-state index is 0.0158. The molecule has 0 aliphatic heterocycles. The number of carbonyl (C=O) groups is 1. The normalized spacial score (nSPS) is 10.8. The predicted molar refractivity (Wildman–Crippen MR) is 98.4 cm³/mol. The molecule has 0 unspecified atom stereocenters. The summed E-state index contributed by atoms with van der Waals surface area (Å²) < 4.78 is 1.37. The van der Waals surface area contributed by atoms with Crippen molar-refractivity contribution in [2.45, 2.75) is 26.9 Å². The van der Waals surface area contributed by atoms with Crippen LogP contribution in [0.2, 0.25) is 0 Å². The Morgan fingerprint density at radius 2 is 1.80 bits per heavy atom. The molecule has 2 aromatic carbocycles. The average Bonchev–Trinajstić information content (AvgIpc) is 2.60. The predicted octanol–water partition coefficient (Wildman–Crippen LogP) is 2.67. The molecule has 0 saturated heterocycles. The highest BCUT2D eigenvalue weighted by Crippen LogP contribution is 2.12. The van der Waals surface area contributed by atoms with Gasteiger partial charge in [0.05, 0.1) is 17.2 Å². The number of hydrogen-bond acceptors (Lipinski definition) is 3. The van der Waals surface area contributed by atoms with E-state index in [9.17, 15) is 9.59 Å². The fraction of sp³-hybridized carbons (Fsp3) is 0.250.